The summed E-state index contributed by atoms with van der Waals surface area (Å²) < 4.78 is 1.48. The molecule has 3 rings (SSSR count). The molecule has 0 spiro atoms. The molecule has 0 saturated heterocycles. The number of carboxylic acids is 1. The second-order valence-corrected chi connectivity index (χ2v) is 6.71. The number of benzene rings is 1. The van der Waals surface area contributed by atoms with E-state index in [1.807, 2.05) is 24.3 Å². The van der Waals surface area contributed by atoms with Crippen molar-refractivity contribution in [2.45, 2.75) is 26.7 Å². The summed E-state index contributed by atoms with van der Waals surface area (Å²) in [6, 6.07) is 9.78. The maximum Gasteiger partial charge on any atom is 0.353 e. The molecule has 2 heterocycles. The fraction of sp³-hybridized carbons (Fsp3) is 0.238. The normalized spacial score (nSPS) is 12.6. The van der Waals surface area contributed by atoms with Gasteiger partial charge in [0.2, 0.25) is 0 Å². The summed E-state index contributed by atoms with van der Waals surface area (Å²) >= 11 is 1.65. The molecule has 0 aliphatic carbocycles. The predicted octanol–water partition coefficient (Wildman–Crippen LogP) is 5.67. The molecule has 0 bridgehead atoms. The minimum atomic E-state index is -1.04. The van der Waals surface area contributed by atoms with Gasteiger partial charge < -0.3 is 9.67 Å². The molecular formula is C21H22N2O2S. The summed E-state index contributed by atoms with van der Waals surface area (Å²) in [6.07, 6.45) is 5.81. The summed E-state index contributed by atoms with van der Waals surface area (Å²) in [5.74, 6) is -1.04. The van der Waals surface area contributed by atoms with Gasteiger partial charge in [0.15, 0.2) is 0 Å². The van der Waals surface area contributed by atoms with E-state index in [0.717, 1.165) is 17.5 Å². The van der Waals surface area contributed by atoms with E-state index >= 15 is 0 Å². The first kappa shape index (κ1) is 19.6. The van der Waals surface area contributed by atoms with Crippen LogP contribution in [0.15, 0.2) is 47.4 Å². The van der Waals surface area contributed by atoms with E-state index in [1.54, 1.807) is 25.0 Å². The van der Waals surface area contributed by atoms with E-state index in [9.17, 15) is 15.2 Å². The lowest BCUT2D eigenvalue weighted by Crippen LogP contribution is -2.05. The lowest BCUT2D eigenvalue weighted by Gasteiger charge is -2.10. The molecule has 4 nitrogen and oxygen atoms in total. The Morgan fingerprint density at radius 3 is 2.38 bits per heavy atom. The van der Waals surface area contributed by atoms with Gasteiger partial charge in [-0.25, -0.2) is 4.79 Å². The molecule has 0 atom stereocenters. The minimum absolute atomic E-state index is 0.129. The zero-order chi connectivity index (χ0) is 19.1. The van der Waals surface area contributed by atoms with Gasteiger partial charge in [0.05, 0.1) is 5.56 Å². The number of hydrogen-bond donors (Lipinski definition) is 1. The van der Waals surface area contributed by atoms with Gasteiger partial charge in [-0.3, -0.25) is 0 Å². The van der Waals surface area contributed by atoms with Gasteiger partial charge in [-0.05, 0) is 33.9 Å². The molecule has 1 aliphatic rings. The van der Waals surface area contributed by atoms with Crippen molar-refractivity contribution in [2.75, 3.05) is 0 Å². The maximum atomic E-state index is 11.5. The fourth-order valence-corrected chi connectivity index (χ4v) is 3.38. The van der Waals surface area contributed by atoms with E-state index in [1.165, 1.54) is 16.6 Å². The Kier molecular flexibility index (Phi) is 6.88. The van der Waals surface area contributed by atoms with Crippen molar-refractivity contribution in [3.8, 4) is 17.2 Å². The number of carbonyl (C=O) groups is 1. The highest BCUT2D eigenvalue weighted by Gasteiger charge is 2.21. The number of aromatic carboxylic acids is 1. The summed E-state index contributed by atoms with van der Waals surface area (Å²) in [5.41, 5.74) is 4.05. The highest BCUT2D eigenvalue weighted by atomic mass is 32.2. The number of nitriles is 1. The first-order valence-corrected chi connectivity index (χ1v) is 9.40. The highest BCUT2D eigenvalue weighted by Crippen LogP contribution is 2.32. The number of thioether (sulfide) groups is 1. The molecule has 26 heavy (non-hydrogen) atoms. The Bertz CT molecular complexity index is 884. The van der Waals surface area contributed by atoms with E-state index < -0.39 is 5.97 Å². The Labute approximate surface area is 158 Å². The first-order chi connectivity index (χ1) is 12.5. The molecule has 0 saturated carbocycles. The summed E-state index contributed by atoms with van der Waals surface area (Å²) in [4.78, 5) is 11.5. The van der Waals surface area contributed by atoms with Crippen LogP contribution < -0.4 is 0 Å². The van der Waals surface area contributed by atoms with Crippen LogP contribution in [-0.4, -0.2) is 15.6 Å². The van der Waals surface area contributed by atoms with Gasteiger partial charge in [0.25, 0.3) is 0 Å². The Hall–Kier alpha value is -2.71. The standard InChI is InChI=1S/C18H14N2O2S.C3H8/c1-20-10-15(9-19)16(17(20)18(21)22)13-6-4-12(5-7-13)14-3-2-8-23-11-14;1-3-2/h2,4-8,10-11H,3H2,1H3,(H,21,22);3H2,1-2H3. The summed E-state index contributed by atoms with van der Waals surface area (Å²) in [5, 5.41) is 22.9. The molecule has 1 aromatic heterocycles. The molecule has 0 unspecified atom stereocenters. The van der Waals surface area contributed by atoms with Crippen LogP contribution in [0.1, 0.15) is 48.3 Å². The third-order valence-corrected chi connectivity index (χ3v) is 4.54. The van der Waals surface area contributed by atoms with Gasteiger partial charge in [-0.1, -0.05) is 50.6 Å². The number of aromatic nitrogens is 1. The molecule has 1 aromatic carbocycles. The van der Waals surface area contributed by atoms with Crippen LogP contribution >= 0.6 is 11.8 Å². The van der Waals surface area contributed by atoms with E-state index in [-0.39, 0.29) is 5.69 Å². The Balaban J connectivity index is 0.000000758. The van der Waals surface area contributed by atoms with Crippen LogP contribution in [0, 0.1) is 11.3 Å². The van der Waals surface area contributed by atoms with Gasteiger partial charge in [0.1, 0.15) is 11.8 Å². The van der Waals surface area contributed by atoms with Crippen molar-refractivity contribution in [2.24, 2.45) is 7.05 Å². The van der Waals surface area contributed by atoms with Gasteiger partial charge >= 0.3 is 5.97 Å². The number of nitrogens with zero attached hydrogens (tertiary/aromatic N) is 2. The third-order valence-electron chi connectivity index (χ3n) is 3.77. The minimum Gasteiger partial charge on any atom is -0.477 e. The quantitative estimate of drug-likeness (QED) is 0.760. The SMILES string of the molecule is CCC.Cn1cc(C#N)c(-c2ccc(C3=CSC=CC3)cc2)c1C(=O)O. The topological polar surface area (TPSA) is 66.0 Å². The fourth-order valence-electron chi connectivity index (χ4n) is 2.70. The van der Waals surface area contributed by atoms with Crippen molar-refractivity contribution < 1.29 is 9.90 Å². The van der Waals surface area contributed by atoms with Crippen molar-refractivity contribution in [1.82, 2.24) is 4.57 Å². The molecule has 0 radical (unpaired) electrons. The molecule has 0 amide bonds. The van der Waals surface area contributed by atoms with Crippen LogP contribution in [0.25, 0.3) is 16.7 Å². The van der Waals surface area contributed by atoms with Crippen molar-refractivity contribution in [3.63, 3.8) is 0 Å². The van der Waals surface area contributed by atoms with Gasteiger partial charge in [-0.15, -0.1) is 11.8 Å². The Morgan fingerprint density at radius 2 is 1.88 bits per heavy atom. The number of allylic oxidation sites excluding steroid dienone is 2. The smallest absolute Gasteiger partial charge is 0.353 e. The van der Waals surface area contributed by atoms with Crippen LogP contribution in [-0.2, 0) is 7.05 Å². The summed E-state index contributed by atoms with van der Waals surface area (Å²) in [6.45, 7) is 4.25. The van der Waals surface area contributed by atoms with Crippen molar-refractivity contribution in [1.29, 1.82) is 5.26 Å². The van der Waals surface area contributed by atoms with E-state index in [2.05, 4.69) is 36.8 Å². The third kappa shape index (κ3) is 4.27. The summed E-state index contributed by atoms with van der Waals surface area (Å²) in [7, 11) is 1.64. The van der Waals surface area contributed by atoms with Crippen LogP contribution in [0.4, 0.5) is 0 Å². The average Bonchev–Trinajstić information content (AvgIpc) is 3.00. The first-order valence-electron chi connectivity index (χ1n) is 8.46. The molecule has 0 fully saturated rings. The van der Waals surface area contributed by atoms with Gasteiger partial charge in [0, 0.05) is 18.8 Å². The Morgan fingerprint density at radius 1 is 1.27 bits per heavy atom. The molecule has 134 valence electrons. The second-order valence-electron chi connectivity index (χ2n) is 5.93. The second kappa shape index (κ2) is 9.12. The molecular weight excluding hydrogens is 344 g/mol. The molecule has 5 heteroatoms. The predicted molar refractivity (Wildman–Crippen MR) is 108 cm³/mol. The van der Waals surface area contributed by atoms with Crippen LogP contribution in [0.5, 0.6) is 0 Å². The zero-order valence-electron chi connectivity index (χ0n) is 15.2. The number of aryl methyl sites for hydroxylation is 1. The molecule has 1 N–H and O–H groups in total. The highest BCUT2D eigenvalue weighted by molar-refractivity contribution is 8.05. The molecule has 2 aromatic rings. The lowest BCUT2D eigenvalue weighted by molar-refractivity contribution is 0.0687. The monoisotopic (exact) mass is 366 g/mol. The largest absolute Gasteiger partial charge is 0.477 e. The molecule has 1 aliphatic heterocycles. The van der Waals surface area contributed by atoms with E-state index in [4.69, 9.17) is 0 Å². The van der Waals surface area contributed by atoms with Crippen LogP contribution in [0.2, 0.25) is 0 Å². The zero-order valence-corrected chi connectivity index (χ0v) is 16.0. The van der Waals surface area contributed by atoms with Crippen molar-refractivity contribution >= 4 is 23.3 Å². The lowest BCUT2D eigenvalue weighted by atomic mass is 9.97. The van der Waals surface area contributed by atoms with E-state index in [0.29, 0.717) is 11.1 Å². The van der Waals surface area contributed by atoms with Gasteiger partial charge in [-0.2, -0.15) is 5.26 Å². The average molecular weight is 366 g/mol. The number of carboxylic acid groups (broad SMARTS) is 1. The number of rotatable bonds is 3. The van der Waals surface area contributed by atoms with Crippen LogP contribution in [0.3, 0.4) is 0 Å². The van der Waals surface area contributed by atoms with Crippen molar-refractivity contribution in [3.05, 3.63) is 64.2 Å². The number of hydrogen-bond acceptors (Lipinski definition) is 3. The maximum absolute atomic E-state index is 11.5.